The number of hydrogen-bond acceptors (Lipinski definition) is 5. The number of hydrogen-bond donors (Lipinski definition) is 1. The Morgan fingerprint density at radius 2 is 2.25 bits per heavy atom. The first-order chi connectivity index (χ1) is 7.63. The number of halogens is 1. The van der Waals surface area contributed by atoms with Crippen molar-refractivity contribution in [3.63, 3.8) is 0 Å². The molecule has 0 aliphatic rings. The zero-order valence-corrected chi connectivity index (χ0v) is 10.6. The van der Waals surface area contributed by atoms with Crippen molar-refractivity contribution < 1.29 is 4.74 Å². The molecule has 0 atom stereocenters. The van der Waals surface area contributed by atoms with E-state index in [1.165, 1.54) is 6.20 Å². The SMILES string of the molecule is CNc1ncc(Cl)c(OCCCN(C)C)n1. The molecule has 0 spiro atoms. The molecule has 5 nitrogen and oxygen atoms in total. The van der Waals surface area contributed by atoms with Gasteiger partial charge >= 0.3 is 0 Å². The number of rotatable bonds is 6. The predicted octanol–water partition coefficient (Wildman–Crippen LogP) is 1.50. The summed E-state index contributed by atoms with van der Waals surface area (Å²) < 4.78 is 5.48. The summed E-state index contributed by atoms with van der Waals surface area (Å²) in [5.74, 6) is 0.937. The Hall–Kier alpha value is -1.07. The third-order valence-electron chi connectivity index (χ3n) is 1.92. The van der Waals surface area contributed by atoms with E-state index in [2.05, 4.69) is 20.2 Å². The topological polar surface area (TPSA) is 50.3 Å². The molecular weight excluding hydrogens is 228 g/mol. The summed E-state index contributed by atoms with van der Waals surface area (Å²) >= 11 is 5.91. The average Bonchev–Trinajstić information content (AvgIpc) is 2.26. The van der Waals surface area contributed by atoms with Crippen LogP contribution in [0.1, 0.15) is 6.42 Å². The lowest BCUT2D eigenvalue weighted by molar-refractivity contribution is 0.273. The Morgan fingerprint density at radius 1 is 1.50 bits per heavy atom. The standard InChI is InChI=1S/C10H17ClN4O/c1-12-10-13-7-8(11)9(14-10)16-6-4-5-15(2)3/h7H,4-6H2,1-3H3,(H,12,13,14). The quantitative estimate of drug-likeness (QED) is 0.769. The maximum absolute atomic E-state index is 5.91. The summed E-state index contributed by atoms with van der Waals surface area (Å²) in [6.45, 7) is 1.57. The minimum absolute atomic E-state index is 0.430. The fourth-order valence-electron chi connectivity index (χ4n) is 1.12. The summed E-state index contributed by atoms with van der Waals surface area (Å²) in [6.07, 6.45) is 2.46. The first-order valence-electron chi connectivity index (χ1n) is 5.11. The van der Waals surface area contributed by atoms with E-state index < -0.39 is 0 Å². The predicted molar refractivity (Wildman–Crippen MR) is 65.3 cm³/mol. The Kier molecular flexibility index (Phi) is 5.28. The van der Waals surface area contributed by atoms with E-state index in [-0.39, 0.29) is 0 Å². The van der Waals surface area contributed by atoms with Crippen LogP contribution in [0.5, 0.6) is 5.88 Å². The molecule has 16 heavy (non-hydrogen) atoms. The third kappa shape index (κ3) is 4.20. The number of nitrogens with one attached hydrogen (secondary N) is 1. The van der Waals surface area contributed by atoms with Gasteiger partial charge in [0.15, 0.2) is 0 Å². The van der Waals surface area contributed by atoms with Crippen LogP contribution in [0.25, 0.3) is 0 Å². The van der Waals surface area contributed by atoms with E-state index in [1.54, 1.807) is 7.05 Å². The van der Waals surface area contributed by atoms with Gasteiger partial charge in [0.25, 0.3) is 0 Å². The Morgan fingerprint density at radius 3 is 2.88 bits per heavy atom. The molecule has 1 heterocycles. The van der Waals surface area contributed by atoms with E-state index in [9.17, 15) is 0 Å². The molecule has 0 saturated carbocycles. The van der Waals surface area contributed by atoms with Crippen LogP contribution in [0, 0.1) is 0 Å². The van der Waals surface area contributed by atoms with Gasteiger partial charge in [-0.15, -0.1) is 0 Å². The van der Waals surface area contributed by atoms with Crippen molar-refractivity contribution in [2.45, 2.75) is 6.42 Å². The number of ether oxygens (including phenoxy) is 1. The van der Waals surface area contributed by atoms with Gasteiger partial charge in [-0.2, -0.15) is 4.98 Å². The van der Waals surface area contributed by atoms with Gasteiger partial charge in [-0.1, -0.05) is 11.6 Å². The van der Waals surface area contributed by atoms with Crippen molar-refractivity contribution in [2.75, 3.05) is 39.6 Å². The highest BCUT2D eigenvalue weighted by molar-refractivity contribution is 6.31. The lowest BCUT2D eigenvalue weighted by Crippen LogP contribution is -2.16. The second-order valence-electron chi connectivity index (χ2n) is 3.60. The van der Waals surface area contributed by atoms with Gasteiger partial charge in [-0.3, -0.25) is 0 Å². The zero-order valence-electron chi connectivity index (χ0n) is 9.83. The highest BCUT2D eigenvalue weighted by Crippen LogP contribution is 2.21. The van der Waals surface area contributed by atoms with Crippen molar-refractivity contribution in [1.29, 1.82) is 0 Å². The normalized spacial score (nSPS) is 10.6. The Bertz CT molecular complexity index is 333. The maximum atomic E-state index is 5.91. The molecule has 0 aromatic carbocycles. The fraction of sp³-hybridized carbons (Fsp3) is 0.600. The van der Waals surface area contributed by atoms with E-state index in [4.69, 9.17) is 16.3 Å². The molecule has 0 amide bonds. The van der Waals surface area contributed by atoms with Crippen LogP contribution in [0.4, 0.5) is 5.95 Å². The third-order valence-corrected chi connectivity index (χ3v) is 2.18. The first kappa shape index (κ1) is 13.0. The van der Waals surface area contributed by atoms with Gasteiger partial charge in [0, 0.05) is 13.6 Å². The number of aromatic nitrogens is 2. The van der Waals surface area contributed by atoms with Crippen molar-refractivity contribution >= 4 is 17.5 Å². The molecule has 0 radical (unpaired) electrons. The van der Waals surface area contributed by atoms with Gasteiger partial charge in [0.1, 0.15) is 5.02 Å². The average molecular weight is 245 g/mol. The van der Waals surface area contributed by atoms with Crippen LogP contribution >= 0.6 is 11.6 Å². The van der Waals surface area contributed by atoms with Crippen LogP contribution in [-0.4, -0.2) is 49.2 Å². The highest BCUT2D eigenvalue weighted by Gasteiger charge is 2.05. The number of anilines is 1. The van der Waals surface area contributed by atoms with E-state index in [0.29, 0.717) is 23.5 Å². The minimum atomic E-state index is 0.430. The first-order valence-corrected chi connectivity index (χ1v) is 5.49. The fourth-order valence-corrected chi connectivity index (χ4v) is 1.27. The molecule has 0 aliphatic carbocycles. The molecule has 1 aromatic rings. The smallest absolute Gasteiger partial charge is 0.237 e. The lowest BCUT2D eigenvalue weighted by atomic mass is 10.4. The van der Waals surface area contributed by atoms with E-state index >= 15 is 0 Å². The van der Waals surface area contributed by atoms with Gasteiger partial charge < -0.3 is 15.0 Å². The minimum Gasteiger partial charge on any atom is -0.476 e. The molecule has 6 heteroatoms. The Balaban J connectivity index is 2.46. The van der Waals surface area contributed by atoms with E-state index in [1.807, 2.05) is 14.1 Å². The highest BCUT2D eigenvalue weighted by atomic mass is 35.5. The summed E-state index contributed by atoms with van der Waals surface area (Å²) in [6, 6.07) is 0. The molecule has 0 aliphatic heterocycles. The monoisotopic (exact) mass is 244 g/mol. The van der Waals surface area contributed by atoms with Crippen LogP contribution < -0.4 is 10.1 Å². The molecule has 1 rings (SSSR count). The van der Waals surface area contributed by atoms with Gasteiger partial charge in [0.2, 0.25) is 11.8 Å². The largest absolute Gasteiger partial charge is 0.476 e. The summed E-state index contributed by atoms with van der Waals surface area (Å²) in [7, 11) is 5.80. The van der Waals surface area contributed by atoms with E-state index in [0.717, 1.165) is 13.0 Å². The lowest BCUT2D eigenvalue weighted by Gasteiger charge is -2.10. The van der Waals surface area contributed by atoms with Crippen LogP contribution in [0.15, 0.2) is 6.20 Å². The van der Waals surface area contributed by atoms with Crippen molar-refractivity contribution in [2.24, 2.45) is 0 Å². The Labute approximate surface area is 101 Å². The number of nitrogens with zero attached hydrogens (tertiary/aromatic N) is 3. The zero-order chi connectivity index (χ0) is 12.0. The van der Waals surface area contributed by atoms with Crippen molar-refractivity contribution in [3.8, 4) is 5.88 Å². The van der Waals surface area contributed by atoms with Crippen molar-refractivity contribution in [1.82, 2.24) is 14.9 Å². The van der Waals surface area contributed by atoms with Crippen LogP contribution in [-0.2, 0) is 0 Å². The maximum Gasteiger partial charge on any atom is 0.237 e. The summed E-state index contributed by atoms with van der Waals surface area (Å²) in [5, 5.41) is 3.27. The molecule has 0 bridgehead atoms. The molecule has 1 aromatic heterocycles. The summed E-state index contributed by atoms with van der Waals surface area (Å²) in [5.41, 5.74) is 0. The van der Waals surface area contributed by atoms with Gasteiger partial charge in [-0.05, 0) is 20.5 Å². The molecule has 1 N–H and O–H groups in total. The second kappa shape index (κ2) is 6.50. The second-order valence-corrected chi connectivity index (χ2v) is 4.01. The van der Waals surface area contributed by atoms with Gasteiger partial charge in [0.05, 0.1) is 12.8 Å². The van der Waals surface area contributed by atoms with Crippen LogP contribution in [0.3, 0.4) is 0 Å². The van der Waals surface area contributed by atoms with Crippen molar-refractivity contribution in [3.05, 3.63) is 11.2 Å². The molecule has 0 fully saturated rings. The van der Waals surface area contributed by atoms with Crippen LogP contribution in [0.2, 0.25) is 5.02 Å². The van der Waals surface area contributed by atoms with Gasteiger partial charge in [-0.25, -0.2) is 4.98 Å². The molecule has 0 saturated heterocycles. The molecule has 90 valence electrons. The summed E-state index contributed by atoms with van der Waals surface area (Å²) in [4.78, 5) is 10.2. The molecule has 0 unspecified atom stereocenters. The molecular formula is C10H17ClN4O.